The zero-order valence-corrected chi connectivity index (χ0v) is 29.1. The zero-order valence-electron chi connectivity index (χ0n) is 29.1. The van der Waals surface area contributed by atoms with E-state index in [-0.39, 0.29) is 34.2 Å². The lowest BCUT2D eigenvalue weighted by Crippen LogP contribution is -2.47. The van der Waals surface area contributed by atoms with Gasteiger partial charge in [0.15, 0.2) is 0 Å². The summed E-state index contributed by atoms with van der Waals surface area (Å²) in [4.78, 5) is 13.6. The highest BCUT2D eigenvalue weighted by atomic mass is 19.4. The fourth-order valence-electron chi connectivity index (χ4n) is 6.07. The van der Waals surface area contributed by atoms with Crippen LogP contribution in [0.25, 0.3) is 22.3 Å². The Kier molecular flexibility index (Phi) is 10.9. The van der Waals surface area contributed by atoms with Gasteiger partial charge >= 0.3 is 12.1 Å². The summed E-state index contributed by atoms with van der Waals surface area (Å²) in [7, 11) is 0. The summed E-state index contributed by atoms with van der Waals surface area (Å²) >= 11 is 0. The van der Waals surface area contributed by atoms with Gasteiger partial charge < -0.3 is 13.9 Å². The molecule has 7 heteroatoms. The van der Waals surface area contributed by atoms with E-state index in [0.29, 0.717) is 41.5 Å². The summed E-state index contributed by atoms with van der Waals surface area (Å²) in [5.74, 6) is 0.458. The van der Waals surface area contributed by atoms with Gasteiger partial charge in [-0.2, -0.15) is 13.2 Å². The fourth-order valence-corrected chi connectivity index (χ4v) is 6.07. The summed E-state index contributed by atoms with van der Waals surface area (Å²) in [6.45, 7) is 22.3. The van der Waals surface area contributed by atoms with Crippen molar-refractivity contribution in [3.63, 3.8) is 0 Å². The third kappa shape index (κ3) is 9.52. The van der Waals surface area contributed by atoms with Crippen molar-refractivity contribution in [2.75, 3.05) is 0 Å². The number of ether oxygens (including phenoxy) is 2. The van der Waals surface area contributed by atoms with Crippen molar-refractivity contribution in [1.82, 2.24) is 0 Å². The van der Waals surface area contributed by atoms with E-state index in [1.165, 1.54) is 12.1 Å². The molecular formula is C38H53F3O4. The number of furan rings is 1. The largest absolute Gasteiger partial charge is 0.490 e. The molecule has 0 fully saturated rings. The monoisotopic (exact) mass is 630 g/mol. The Bertz CT molecular complexity index is 1450. The molecule has 1 heterocycles. The first-order valence-electron chi connectivity index (χ1n) is 16.2. The van der Waals surface area contributed by atoms with E-state index in [2.05, 4.69) is 48.5 Å². The number of aryl methyl sites for hydroxylation is 1. The van der Waals surface area contributed by atoms with E-state index >= 15 is 0 Å². The molecule has 0 N–H and O–H groups in total. The summed E-state index contributed by atoms with van der Waals surface area (Å²) in [5.41, 5.74) is -1.40. The highest BCUT2D eigenvalue weighted by Gasteiger charge is 2.49. The number of halogens is 3. The van der Waals surface area contributed by atoms with Crippen molar-refractivity contribution in [2.24, 2.45) is 16.2 Å². The molecule has 3 rings (SSSR count). The predicted octanol–water partition coefficient (Wildman–Crippen LogP) is 11.8. The number of fused-ring (bicyclic) bond motifs is 1. The minimum Gasteiger partial charge on any atom is -0.490 e. The number of rotatable bonds is 12. The Morgan fingerprint density at radius 2 is 1.56 bits per heavy atom. The molecular weight excluding hydrogens is 577 g/mol. The highest BCUT2D eigenvalue weighted by molar-refractivity contribution is 5.84. The van der Waals surface area contributed by atoms with Gasteiger partial charge in [0.25, 0.3) is 0 Å². The second kappa shape index (κ2) is 13.4. The Morgan fingerprint density at radius 3 is 2.13 bits per heavy atom. The van der Waals surface area contributed by atoms with Gasteiger partial charge in [-0.15, -0.1) is 0 Å². The molecule has 1 aromatic heterocycles. The molecule has 4 nitrogen and oxygen atoms in total. The molecule has 250 valence electrons. The maximum absolute atomic E-state index is 14.1. The van der Waals surface area contributed by atoms with Crippen LogP contribution < -0.4 is 4.74 Å². The number of esters is 1. The number of carbonyl (C=O) groups excluding carboxylic acids is 1. The summed E-state index contributed by atoms with van der Waals surface area (Å²) in [6, 6.07) is 11.4. The molecule has 0 spiro atoms. The van der Waals surface area contributed by atoms with Crippen molar-refractivity contribution in [1.29, 1.82) is 0 Å². The number of unbranched alkanes of at least 4 members (excludes halogenated alkanes) is 2. The summed E-state index contributed by atoms with van der Waals surface area (Å²) < 4.78 is 60.6. The molecule has 0 amide bonds. The van der Waals surface area contributed by atoms with Crippen LogP contribution in [-0.2, 0) is 22.1 Å². The second-order valence-corrected chi connectivity index (χ2v) is 15.7. The van der Waals surface area contributed by atoms with Gasteiger partial charge in [0, 0.05) is 23.4 Å². The molecule has 0 saturated heterocycles. The minimum absolute atomic E-state index is 0.0195. The molecule has 0 aliphatic heterocycles. The molecule has 0 bridgehead atoms. The normalized spacial score (nSPS) is 15.2. The van der Waals surface area contributed by atoms with E-state index in [9.17, 15) is 18.0 Å². The first-order valence-corrected chi connectivity index (χ1v) is 16.2. The average molecular weight is 631 g/mol. The van der Waals surface area contributed by atoms with Crippen LogP contribution in [0, 0.1) is 16.2 Å². The lowest BCUT2D eigenvalue weighted by atomic mass is 9.61. The smallest absolute Gasteiger partial charge is 0.417 e. The third-order valence-corrected chi connectivity index (χ3v) is 8.69. The van der Waals surface area contributed by atoms with Crippen molar-refractivity contribution in [3.05, 3.63) is 53.6 Å². The van der Waals surface area contributed by atoms with Crippen molar-refractivity contribution in [2.45, 2.75) is 133 Å². The highest BCUT2D eigenvalue weighted by Crippen LogP contribution is 2.48. The first-order chi connectivity index (χ1) is 20.5. The third-order valence-electron chi connectivity index (χ3n) is 8.69. The lowest BCUT2D eigenvalue weighted by Gasteiger charge is -2.45. The Balaban J connectivity index is 1.77. The van der Waals surface area contributed by atoms with Crippen LogP contribution in [0.2, 0.25) is 0 Å². The summed E-state index contributed by atoms with van der Waals surface area (Å²) in [5, 5.41) is 0.680. The van der Waals surface area contributed by atoms with Gasteiger partial charge in [0.2, 0.25) is 0 Å². The van der Waals surface area contributed by atoms with Crippen LogP contribution in [0.3, 0.4) is 0 Å². The van der Waals surface area contributed by atoms with Gasteiger partial charge in [-0.05, 0) is 87.6 Å². The molecule has 45 heavy (non-hydrogen) atoms. The molecule has 2 atom stereocenters. The van der Waals surface area contributed by atoms with Crippen LogP contribution >= 0.6 is 0 Å². The van der Waals surface area contributed by atoms with Crippen molar-refractivity contribution in [3.8, 4) is 17.1 Å². The van der Waals surface area contributed by atoms with Crippen LogP contribution in [0.15, 0.2) is 46.9 Å². The maximum atomic E-state index is 14.1. The van der Waals surface area contributed by atoms with Crippen molar-refractivity contribution >= 4 is 16.9 Å². The topological polar surface area (TPSA) is 48.7 Å². The van der Waals surface area contributed by atoms with Gasteiger partial charge in [-0.1, -0.05) is 73.4 Å². The number of benzene rings is 2. The zero-order chi connectivity index (χ0) is 34.0. The predicted molar refractivity (Wildman–Crippen MR) is 176 cm³/mol. The van der Waals surface area contributed by atoms with E-state index in [4.69, 9.17) is 13.9 Å². The Labute approximate surface area is 268 Å². The van der Waals surface area contributed by atoms with Crippen LogP contribution in [-0.4, -0.2) is 17.7 Å². The van der Waals surface area contributed by atoms with Gasteiger partial charge in [0.05, 0.1) is 17.1 Å². The molecule has 3 aromatic rings. The van der Waals surface area contributed by atoms with Crippen LogP contribution in [0.4, 0.5) is 13.2 Å². The lowest BCUT2D eigenvalue weighted by molar-refractivity contribution is -0.180. The van der Waals surface area contributed by atoms with E-state index in [1.807, 2.05) is 27.7 Å². The minimum atomic E-state index is -4.51. The fraction of sp³-hybridized carbons (Fsp3) is 0.605. The number of hydrogen-bond acceptors (Lipinski definition) is 4. The number of alkyl halides is 3. The van der Waals surface area contributed by atoms with E-state index < -0.39 is 22.8 Å². The van der Waals surface area contributed by atoms with E-state index in [1.54, 1.807) is 30.3 Å². The number of hydrogen-bond donors (Lipinski definition) is 0. The van der Waals surface area contributed by atoms with Gasteiger partial charge in [-0.25, -0.2) is 0 Å². The quantitative estimate of drug-likeness (QED) is 0.148. The van der Waals surface area contributed by atoms with E-state index in [0.717, 1.165) is 19.3 Å². The number of carbonyl (C=O) groups is 1. The maximum Gasteiger partial charge on any atom is 0.417 e. The molecule has 0 aliphatic rings. The van der Waals surface area contributed by atoms with Crippen LogP contribution in [0.1, 0.15) is 119 Å². The standard InChI is InChI=1S/C38H53F3O4/c1-12-13-14-15-26-16-19-29(30(20-26)38(39,40)41)32-21-27-17-18-28(22-31(27)44-32)43-25(2)23-36(9,10)45-33(42)37(11,35(6,7)8)24-34(3,4)5/h16-22,25H,12-15,23-24H2,1-11H3. The first kappa shape index (κ1) is 36.5. The molecule has 0 aliphatic carbocycles. The van der Waals surface area contributed by atoms with Gasteiger partial charge in [0.1, 0.15) is 22.7 Å². The Morgan fingerprint density at radius 1 is 0.889 bits per heavy atom. The second-order valence-electron chi connectivity index (χ2n) is 15.7. The van der Waals surface area contributed by atoms with Crippen LogP contribution in [0.5, 0.6) is 5.75 Å². The molecule has 2 aromatic carbocycles. The van der Waals surface area contributed by atoms with Crippen molar-refractivity contribution < 1.29 is 31.9 Å². The SMILES string of the molecule is CCCCCc1ccc(-c2cc3ccc(OC(C)CC(C)(C)OC(=O)C(C)(CC(C)(C)C)C(C)(C)C)cc3o2)c(C(F)(F)F)c1. The summed E-state index contributed by atoms with van der Waals surface area (Å²) in [6.07, 6.45) is -0.254. The Hall–Kier alpha value is -2.96. The molecule has 2 unspecified atom stereocenters. The molecule has 0 saturated carbocycles. The average Bonchev–Trinajstić information content (AvgIpc) is 3.29. The van der Waals surface area contributed by atoms with Gasteiger partial charge in [-0.3, -0.25) is 4.79 Å². The molecule has 0 radical (unpaired) electrons.